The number of hydrogen-bond acceptors (Lipinski definition) is 0. The van der Waals surface area contributed by atoms with Gasteiger partial charge < -0.3 is 0 Å². The van der Waals surface area contributed by atoms with Gasteiger partial charge in [0.25, 0.3) is 0 Å². The van der Waals surface area contributed by atoms with Crippen molar-refractivity contribution in [2.45, 2.75) is 26.7 Å². The van der Waals surface area contributed by atoms with Crippen LogP contribution < -0.4 is 0 Å². The molecule has 4 unspecified atom stereocenters. The van der Waals surface area contributed by atoms with E-state index in [1.54, 1.807) is 5.57 Å². The SMILES string of the molecule is C=C1C2CCC1C1C2C1(C)C. The molecule has 0 radical (unpaired) electrons. The average molecular weight is 148 g/mol. The third-order valence-electron chi connectivity index (χ3n) is 4.60. The fraction of sp³-hybridized carbons (Fsp3) is 0.818. The first-order chi connectivity index (χ1) is 5.14. The van der Waals surface area contributed by atoms with Gasteiger partial charge >= 0.3 is 0 Å². The molecule has 3 aliphatic rings. The maximum Gasteiger partial charge on any atom is -0.0166 e. The fourth-order valence-corrected chi connectivity index (χ4v) is 4.08. The first kappa shape index (κ1) is 6.28. The summed E-state index contributed by atoms with van der Waals surface area (Å²) in [5, 5.41) is 0. The Balaban J connectivity index is 2.03. The molecule has 0 aliphatic heterocycles. The van der Waals surface area contributed by atoms with Crippen LogP contribution in [0.15, 0.2) is 12.2 Å². The summed E-state index contributed by atoms with van der Waals surface area (Å²) in [6, 6.07) is 0. The smallest absolute Gasteiger partial charge is 0.0166 e. The van der Waals surface area contributed by atoms with E-state index in [0.29, 0.717) is 5.41 Å². The third kappa shape index (κ3) is 0.483. The standard InChI is InChI=1S/C11H16/c1-6-7-4-5-8(6)10-9(7)11(10,2)3/h7-10H,1,4-5H2,2-3H3. The van der Waals surface area contributed by atoms with Crippen LogP contribution in [-0.4, -0.2) is 0 Å². The highest BCUT2D eigenvalue weighted by atomic mass is 14.7. The predicted molar refractivity (Wildman–Crippen MR) is 46.1 cm³/mol. The highest BCUT2D eigenvalue weighted by Crippen LogP contribution is 2.77. The second-order valence-corrected chi connectivity index (χ2v) is 5.24. The van der Waals surface area contributed by atoms with E-state index in [4.69, 9.17) is 0 Å². The number of allylic oxidation sites excluding steroid dienone is 1. The molecule has 0 heteroatoms. The molecule has 2 bridgehead atoms. The van der Waals surface area contributed by atoms with E-state index in [2.05, 4.69) is 20.4 Å². The Labute approximate surface area is 68.7 Å². The first-order valence-electron chi connectivity index (χ1n) is 4.82. The maximum atomic E-state index is 4.23. The molecule has 11 heavy (non-hydrogen) atoms. The normalized spacial score (nSPS) is 56.4. The Kier molecular flexibility index (Phi) is 0.821. The molecule has 0 aromatic rings. The van der Waals surface area contributed by atoms with Gasteiger partial charge in [0.1, 0.15) is 0 Å². The van der Waals surface area contributed by atoms with Crippen molar-refractivity contribution in [1.82, 2.24) is 0 Å². The average Bonchev–Trinajstić information content (AvgIpc) is 2.31. The third-order valence-corrected chi connectivity index (χ3v) is 4.60. The molecule has 0 saturated heterocycles. The van der Waals surface area contributed by atoms with E-state index in [1.807, 2.05) is 0 Å². The summed E-state index contributed by atoms with van der Waals surface area (Å²) >= 11 is 0. The van der Waals surface area contributed by atoms with Crippen LogP contribution in [0.3, 0.4) is 0 Å². The van der Waals surface area contributed by atoms with Crippen LogP contribution in [0.1, 0.15) is 26.7 Å². The Morgan fingerprint density at radius 2 is 1.64 bits per heavy atom. The van der Waals surface area contributed by atoms with E-state index in [0.717, 1.165) is 23.7 Å². The second kappa shape index (κ2) is 1.44. The Morgan fingerprint density at radius 1 is 1.18 bits per heavy atom. The van der Waals surface area contributed by atoms with Gasteiger partial charge in [-0.1, -0.05) is 26.0 Å². The Morgan fingerprint density at radius 3 is 2.00 bits per heavy atom. The lowest BCUT2D eigenvalue weighted by Gasteiger charge is -2.15. The molecule has 3 rings (SSSR count). The molecule has 0 N–H and O–H groups in total. The number of rotatable bonds is 0. The van der Waals surface area contributed by atoms with Crippen molar-refractivity contribution in [1.29, 1.82) is 0 Å². The highest BCUT2D eigenvalue weighted by molar-refractivity contribution is 5.33. The topological polar surface area (TPSA) is 0 Å². The Bertz CT molecular complexity index is 214. The molecule has 0 nitrogen and oxygen atoms in total. The lowest BCUT2D eigenvalue weighted by molar-refractivity contribution is 0.445. The largest absolute Gasteiger partial charge is 0.0993 e. The summed E-state index contributed by atoms with van der Waals surface area (Å²) in [6.45, 7) is 9.11. The van der Waals surface area contributed by atoms with Crippen molar-refractivity contribution >= 4 is 0 Å². The van der Waals surface area contributed by atoms with E-state index < -0.39 is 0 Å². The molecule has 0 amide bonds. The zero-order valence-corrected chi connectivity index (χ0v) is 7.43. The van der Waals surface area contributed by atoms with E-state index in [1.165, 1.54) is 12.8 Å². The molecule has 0 spiro atoms. The molecule has 3 fully saturated rings. The maximum absolute atomic E-state index is 4.23. The summed E-state index contributed by atoms with van der Waals surface area (Å²) in [5.74, 6) is 3.93. The Hall–Kier alpha value is -0.260. The van der Waals surface area contributed by atoms with Gasteiger partial charge in [0.05, 0.1) is 0 Å². The predicted octanol–water partition coefficient (Wildman–Crippen LogP) is 2.85. The molecule has 60 valence electrons. The lowest BCUT2D eigenvalue weighted by atomic mass is 9.90. The molecule has 3 aliphatic carbocycles. The van der Waals surface area contributed by atoms with Crippen molar-refractivity contribution in [2.75, 3.05) is 0 Å². The molecule has 0 aromatic carbocycles. The van der Waals surface area contributed by atoms with Gasteiger partial charge in [0.2, 0.25) is 0 Å². The van der Waals surface area contributed by atoms with Crippen molar-refractivity contribution < 1.29 is 0 Å². The van der Waals surface area contributed by atoms with Crippen LogP contribution in [0.2, 0.25) is 0 Å². The zero-order valence-electron chi connectivity index (χ0n) is 7.43. The van der Waals surface area contributed by atoms with Gasteiger partial charge in [0, 0.05) is 0 Å². The lowest BCUT2D eigenvalue weighted by Crippen LogP contribution is -2.06. The van der Waals surface area contributed by atoms with Crippen LogP contribution in [0, 0.1) is 29.1 Å². The van der Waals surface area contributed by atoms with Crippen LogP contribution in [0.25, 0.3) is 0 Å². The zero-order chi connectivity index (χ0) is 7.80. The number of fused-ring (bicyclic) bond motifs is 5. The summed E-state index contributed by atoms with van der Waals surface area (Å²) in [4.78, 5) is 0. The minimum atomic E-state index is 0.688. The molecular weight excluding hydrogens is 132 g/mol. The van der Waals surface area contributed by atoms with Crippen molar-refractivity contribution in [3.8, 4) is 0 Å². The summed E-state index contributed by atoms with van der Waals surface area (Å²) in [5.41, 5.74) is 2.30. The quantitative estimate of drug-likeness (QED) is 0.463. The van der Waals surface area contributed by atoms with Crippen molar-refractivity contribution in [2.24, 2.45) is 29.1 Å². The van der Waals surface area contributed by atoms with Gasteiger partial charge in [-0.25, -0.2) is 0 Å². The van der Waals surface area contributed by atoms with Gasteiger partial charge in [-0.3, -0.25) is 0 Å². The molecule has 3 saturated carbocycles. The summed E-state index contributed by atoms with van der Waals surface area (Å²) in [6.07, 6.45) is 2.90. The second-order valence-electron chi connectivity index (χ2n) is 5.24. The van der Waals surface area contributed by atoms with Crippen LogP contribution in [-0.2, 0) is 0 Å². The van der Waals surface area contributed by atoms with Gasteiger partial charge in [-0.2, -0.15) is 0 Å². The van der Waals surface area contributed by atoms with Crippen LogP contribution in [0.4, 0.5) is 0 Å². The summed E-state index contributed by atoms with van der Waals surface area (Å²) < 4.78 is 0. The monoisotopic (exact) mass is 148 g/mol. The van der Waals surface area contributed by atoms with Gasteiger partial charge in [0.15, 0.2) is 0 Å². The van der Waals surface area contributed by atoms with Crippen molar-refractivity contribution in [3.63, 3.8) is 0 Å². The summed E-state index contributed by atoms with van der Waals surface area (Å²) in [7, 11) is 0. The minimum Gasteiger partial charge on any atom is -0.0993 e. The van der Waals surface area contributed by atoms with Gasteiger partial charge in [-0.05, 0) is 41.9 Å². The molecule has 0 heterocycles. The van der Waals surface area contributed by atoms with E-state index in [-0.39, 0.29) is 0 Å². The highest BCUT2D eigenvalue weighted by Gasteiger charge is 2.71. The van der Waals surface area contributed by atoms with Gasteiger partial charge in [-0.15, -0.1) is 0 Å². The molecule has 0 aromatic heterocycles. The van der Waals surface area contributed by atoms with E-state index in [9.17, 15) is 0 Å². The van der Waals surface area contributed by atoms with Crippen LogP contribution in [0.5, 0.6) is 0 Å². The number of hydrogen-bond donors (Lipinski definition) is 0. The van der Waals surface area contributed by atoms with Crippen LogP contribution >= 0.6 is 0 Å². The van der Waals surface area contributed by atoms with Crippen molar-refractivity contribution in [3.05, 3.63) is 12.2 Å². The van der Waals surface area contributed by atoms with E-state index >= 15 is 0 Å². The molecule has 4 atom stereocenters. The molecular formula is C11H16. The first-order valence-corrected chi connectivity index (χ1v) is 4.82. The minimum absolute atomic E-state index is 0.688. The fourth-order valence-electron chi connectivity index (χ4n) is 4.08.